The monoisotopic (exact) mass is 269 g/mol. The van der Waals surface area contributed by atoms with Gasteiger partial charge in [-0.05, 0) is 19.8 Å². The molecule has 0 unspecified atom stereocenters. The van der Waals surface area contributed by atoms with Crippen molar-refractivity contribution in [3.8, 4) is 5.88 Å². The highest BCUT2D eigenvalue weighted by atomic mass is 35.5. The summed E-state index contributed by atoms with van der Waals surface area (Å²) in [6.45, 7) is 1.96. The molecule has 0 aromatic carbocycles. The summed E-state index contributed by atoms with van der Waals surface area (Å²) >= 11 is 6.18. The van der Waals surface area contributed by atoms with Crippen LogP contribution in [0.2, 0.25) is 0 Å². The predicted octanol–water partition coefficient (Wildman–Crippen LogP) is 3.15. The first-order valence-corrected chi connectivity index (χ1v) is 6.94. The van der Waals surface area contributed by atoms with Crippen molar-refractivity contribution in [1.82, 2.24) is 9.97 Å². The zero-order chi connectivity index (χ0) is 13.0. The Hall–Kier alpha value is -1.03. The van der Waals surface area contributed by atoms with Gasteiger partial charge in [-0.3, -0.25) is 0 Å². The zero-order valence-corrected chi connectivity index (χ0v) is 11.8. The normalized spacial score (nSPS) is 18.4. The summed E-state index contributed by atoms with van der Waals surface area (Å²) < 4.78 is 5.22. The minimum Gasteiger partial charge on any atom is -0.481 e. The number of nitrogens with zero attached hydrogens (tertiary/aromatic N) is 2. The van der Waals surface area contributed by atoms with E-state index in [9.17, 15) is 0 Å². The highest BCUT2D eigenvalue weighted by molar-refractivity contribution is 6.18. The van der Waals surface area contributed by atoms with Gasteiger partial charge >= 0.3 is 0 Å². The Balaban J connectivity index is 2.21. The molecule has 1 aliphatic rings. The number of anilines is 1. The van der Waals surface area contributed by atoms with E-state index in [0.29, 0.717) is 11.8 Å². The van der Waals surface area contributed by atoms with Crippen molar-refractivity contribution in [2.45, 2.75) is 44.6 Å². The van der Waals surface area contributed by atoms with E-state index < -0.39 is 0 Å². The summed E-state index contributed by atoms with van der Waals surface area (Å²) in [5.41, 5.74) is 0.916. The largest absolute Gasteiger partial charge is 0.481 e. The van der Waals surface area contributed by atoms with Crippen LogP contribution in [0, 0.1) is 6.92 Å². The molecule has 5 heteroatoms. The lowest BCUT2D eigenvalue weighted by atomic mass is 9.83. The Labute approximate surface area is 113 Å². The SMILES string of the molecule is COc1ncnc(NC2(CCl)CCCCC2)c1C. The maximum absolute atomic E-state index is 6.18. The number of hydrogen-bond donors (Lipinski definition) is 1. The molecule has 0 spiro atoms. The van der Waals surface area contributed by atoms with Crippen molar-refractivity contribution in [2.75, 3.05) is 18.3 Å². The number of rotatable bonds is 4. The summed E-state index contributed by atoms with van der Waals surface area (Å²) in [5, 5.41) is 3.52. The smallest absolute Gasteiger partial charge is 0.221 e. The van der Waals surface area contributed by atoms with Crippen LogP contribution in [0.15, 0.2) is 6.33 Å². The number of nitrogens with one attached hydrogen (secondary N) is 1. The minimum atomic E-state index is -0.0239. The third kappa shape index (κ3) is 2.69. The standard InChI is InChI=1S/C13H20ClN3O/c1-10-11(15-9-16-12(10)18-2)17-13(8-14)6-4-3-5-7-13/h9H,3-8H2,1-2H3,(H,15,16,17). The van der Waals surface area contributed by atoms with Gasteiger partial charge in [-0.2, -0.15) is 0 Å². The maximum Gasteiger partial charge on any atom is 0.221 e. The van der Waals surface area contributed by atoms with E-state index in [4.69, 9.17) is 16.3 Å². The lowest BCUT2D eigenvalue weighted by Crippen LogP contribution is -2.42. The third-order valence-corrected chi connectivity index (χ3v) is 4.19. The van der Waals surface area contributed by atoms with Gasteiger partial charge < -0.3 is 10.1 Å². The summed E-state index contributed by atoms with van der Waals surface area (Å²) in [6.07, 6.45) is 7.47. The molecule has 0 atom stereocenters. The van der Waals surface area contributed by atoms with Crippen LogP contribution in [0.3, 0.4) is 0 Å². The molecule has 1 fully saturated rings. The fourth-order valence-electron chi connectivity index (χ4n) is 2.54. The van der Waals surface area contributed by atoms with Gasteiger partial charge in [0.1, 0.15) is 12.1 Å². The van der Waals surface area contributed by atoms with Crippen LogP contribution in [0.4, 0.5) is 5.82 Å². The molecular weight excluding hydrogens is 250 g/mol. The van der Waals surface area contributed by atoms with E-state index in [1.54, 1.807) is 7.11 Å². The first-order chi connectivity index (χ1) is 8.71. The van der Waals surface area contributed by atoms with Crippen LogP contribution in [0.25, 0.3) is 0 Å². The molecule has 1 aromatic rings. The molecule has 1 aromatic heterocycles. The fraction of sp³-hybridized carbons (Fsp3) is 0.692. The number of ether oxygens (including phenoxy) is 1. The third-order valence-electron chi connectivity index (χ3n) is 3.68. The highest BCUT2D eigenvalue weighted by Gasteiger charge is 2.32. The quantitative estimate of drug-likeness (QED) is 0.853. The van der Waals surface area contributed by atoms with Crippen LogP contribution in [-0.4, -0.2) is 28.5 Å². The average molecular weight is 270 g/mol. The lowest BCUT2D eigenvalue weighted by Gasteiger charge is -2.37. The Kier molecular flexibility index (Phi) is 4.27. The second kappa shape index (κ2) is 5.74. The number of halogens is 1. The fourth-order valence-corrected chi connectivity index (χ4v) is 2.87. The van der Waals surface area contributed by atoms with Gasteiger partial charge in [-0.25, -0.2) is 9.97 Å². The average Bonchev–Trinajstić information content (AvgIpc) is 2.42. The molecule has 0 amide bonds. The molecule has 100 valence electrons. The molecule has 0 aliphatic heterocycles. The zero-order valence-electron chi connectivity index (χ0n) is 11.0. The molecule has 1 saturated carbocycles. The van der Waals surface area contributed by atoms with E-state index in [-0.39, 0.29) is 5.54 Å². The van der Waals surface area contributed by atoms with E-state index >= 15 is 0 Å². The first-order valence-electron chi connectivity index (χ1n) is 6.40. The number of methoxy groups -OCH3 is 1. The van der Waals surface area contributed by atoms with Gasteiger partial charge in [0.2, 0.25) is 5.88 Å². The van der Waals surface area contributed by atoms with Crippen molar-refractivity contribution < 1.29 is 4.74 Å². The van der Waals surface area contributed by atoms with Crippen LogP contribution in [-0.2, 0) is 0 Å². The molecule has 1 heterocycles. The Morgan fingerprint density at radius 1 is 1.33 bits per heavy atom. The molecule has 0 bridgehead atoms. The summed E-state index contributed by atoms with van der Waals surface area (Å²) in [5.74, 6) is 2.07. The van der Waals surface area contributed by atoms with Crippen LogP contribution in [0.1, 0.15) is 37.7 Å². The molecular formula is C13H20ClN3O. The molecule has 18 heavy (non-hydrogen) atoms. The molecule has 4 nitrogen and oxygen atoms in total. The van der Waals surface area contributed by atoms with Crippen molar-refractivity contribution in [2.24, 2.45) is 0 Å². The van der Waals surface area contributed by atoms with Gasteiger partial charge in [0.25, 0.3) is 0 Å². The van der Waals surface area contributed by atoms with Crippen molar-refractivity contribution in [3.63, 3.8) is 0 Å². The van der Waals surface area contributed by atoms with E-state index in [1.807, 2.05) is 6.92 Å². The summed E-state index contributed by atoms with van der Waals surface area (Å²) in [6, 6.07) is 0. The van der Waals surface area contributed by atoms with Gasteiger partial charge in [-0.15, -0.1) is 11.6 Å². The number of hydrogen-bond acceptors (Lipinski definition) is 4. The van der Waals surface area contributed by atoms with Crippen molar-refractivity contribution in [3.05, 3.63) is 11.9 Å². The lowest BCUT2D eigenvalue weighted by molar-refractivity contribution is 0.351. The second-order valence-electron chi connectivity index (χ2n) is 4.96. The predicted molar refractivity (Wildman–Crippen MR) is 73.5 cm³/mol. The van der Waals surface area contributed by atoms with Gasteiger partial charge in [0.05, 0.1) is 18.2 Å². The van der Waals surface area contributed by atoms with Gasteiger partial charge in [-0.1, -0.05) is 19.3 Å². The molecule has 0 saturated heterocycles. The molecule has 2 rings (SSSR count). The van der Waals surface area contributed by atoms with Crippen molar-refractivity contribution >= 4 is 17.4 Å². The first kappa shape index (κ1) is 13.4. The Bertz CT molecular complexity index is 405. The summed E-state index contributed by atoms with van der Waals surface area (Å²) in [4.78, 5) is 8.41. The maximum atomic E-state index is 6.18. The molecule has 0 radical (unpaired) electrons. The second-order valence-corrected chi connectivity index (χ2v) is 5.22. The van der Waals surface area contributed by atoms with Gasteiger partial charge in [0, 0.05) is 5.88 Å². The number of aromatic nitrogens is 2. The highest BCUT2D eigenvalue weighted by Crippen LogP contribution is 2.33. The Morgan fingerprint density at radius 2 is 2.06 bits per heavy atom. The van der Waals surface area contributed by atoms with Crippen LogP contribution < -0.4 is 10.1 Å². The van der Waals surface area contributed by atoms with E-state index in [0.717, 1.165) is 24.2 Å². The van der Waals surface area contributed by atoms with Crippen LogP contribution >= 0.6 is 11.6 Å². The topological polar surface area (TPSA) is 47.0 Å². The number of alkyl halides is 1. The van der Waals surface area contributed by atoms with Crippen LogP contribution in [0.5, 0.6) is 5.88 Å². The van der Waals surface area contributed by atoms with Crippen molar-refractivity contribution in [1.29, 1.82) is 0 Å². The Morgan fingerprint density at radius 3 is 2.67 bits per heavy atom. The van der Waals surface area contributed by atoms with E-state index in [1.165, 1.54) is 25.6 Å². The minimum absolute atomic E-state index is 0.0239. The summed E-state index contributed by atoms with van der Waals surface area (Å²) in [7, 11) is 1.62. The van der Waals surface area contributed by atoms with E-state index in [2.05, 4.69) is 15.3 Å². The van der Waals surface area contributed by atoms with Gasteiger partial charge in [0.15, 0.2) is 0 Å². The molecule has 1 N–H and O–H groups in total. The molecule has 1 aliphatic carbocycles.